The first kappa shape index (κ1) is 7.71. The van der Waals surface area contributed by atoms with Crippen molar-refractivity contribution in [2.24, 2.45) is 5.41 Å². The Kier molecular flexibility index (Phi) is 1.63. The van der Waals surface area contributed by atoms with Crippen molar-refractivity contribution in [2.75, 3.05) is 0 Å². The second-order valence-corrected chi connectivity index (χ2v) is 3.66. The van der Waals surface area contributed by atoms with Crippen LogP contribution in [0.4, 0.5) is 0 Å². The van der Waals surface area contributed by atoms with Gasteiger partial charge in [0.25, 0.3) is 0 Å². The molecule has 0 aromatic carbocycles. The lowest BCUT2D eigenvalue weighted by Gasteiger charge is -2.29. The molecule has 2 aliphatic rings. The van der Waals surface area contributed by atoms with Crippen LogP contribution in [0.5, 0.6) is 0 Å². The summed E-state index contributed by atoms with van der Waals surface area (Å²) in [5, 5.41) is 0. The van der Waals surface area contributed by atoms with Crippen LogP contribution in [0.15, 0.2) is 12.2 Å². The molecule has 1 saturated carbocycles. The Hall–Kier alpha value is -0.920. The number of Topliss-reactive ketones (excluding diaryl/α,β-unsaturated/α-hetero) is 2. The Balaban J connectivity index is 2.30. The fourth-order valence-corrected chi connectivity index (χ4v) is 2.15. The molecular weight excluding hydrogens is 152 g/mol. The molecule has 0 heterocycles. The second-order valence-electron chi connectivity index (χ2n) is 3.66. The Bertz CT molecular complexity index is 237. The molecule has 2 rings (SSSR count). The first-order valence-electron chi connectivity index (χ1n) is 4.47. The van der Waals surface area contributed by atoms with Gasteiger partial charge in [-0.2, -0.15) is 0 Å². The van der Waals surface area contributed by atoms with Gasteiger partial charge in [0.05, 0.1) is 5.41 Å². The molecular formula is C10H12O2. The number of carbonyl (C=O) groups excluding carboxylic acids is 2. The van der Waals surface area contributed by atoms with E-state index in [4.69, 9.17) is 0 Å². The number of allylic oxidation sites excluding steroid dienone is 2. The third-order valence-corrected chi connectivity index (χ3v) is 2.97. The van der Waals surface area contributed by atoms with Gasteiger partial charge < -0.3 is 0 Å². The summed E-state index contributed by atoms with van der Waals surface area (Å²) in [6.07, 6.45) is 7.21. The quantitative estimate of drug-likeness (QED) is 0.403. The molecule has 0 aliphatic heterocycles. The average molecular weight is 164 g/mol. The summed E-state index contributed by atoms with van der Waals surface area (Å²) in [6, 6.07) is 0. The lowest BCUT2D eigenvalue weighted by molar-refractivity contribution is -0.143. The summed E-state index contributed by atoms with van der Waals surface area (Å²) in [4.78, 5) is 23.1. The molecule has 0 atom stereocenters. The predicted molar refractivity (Wildman–Crippen MR) is 44.7 cm³/mol. The summed E-state index contributed by atoms with van der Waals surface area (Å²) < 4.78 is 0. The minimum absolute atomic E-state index is 0.170. The highest BCUT2D eigenvalue weighted by Gasteiger charge is 2.46. The third-order valence-electron chi connectivity index (χ3n) is 2.97. The molecule has 2 heteroatoms. The van der Waals surface area contributed by atoms with E-state index in [-0.39, 0.29) is 11.6 Å². The average Bonchev–Trinajstić information content (AvgIpc) is 2.50. The zero-order valence-electron chi connectivity index (χ0n) is 7.01. The van der Waals surface area contributed by atoms with E-state index in [2.05, 4.69) is 0 Å². The van der Waals surface area contributed by atoms with Gasteiger partial charge in [0, 0.05) is 12.8 Å². The molecule has 0 amide bonds. The van der Waals surface area contributed by atoms with Gasteiger partial charge in [0.2, 0.25) is 0 Å². The Morgan fingerprint density at radius 3 is 2.00 bits per heavy atom. The Labute approximate surface area is 71.6 Å². The molecule has 1 spiro atoms. The zero-order chi connectivity index (χ0) is 8.60. The molecule has 0 unspecified atom stereocenters. The van der Waals surface area contributed by atoms with Crippen molar-refractivity contribution >= 4 is 11.6 Å². The molecule has 0 saturated heterocycles. The molecule has 12 heavy (non-hydrogen) atoms. The molecule has 2 aliphatic carbocycles. The molecule has 1 fully saturated rings. The van der Waals surface area contributed by atoms with Crippen LogP contribution in [-0.4, -0.2) is 11.6 Å². The van der Waals surface area contributed by atoms with Crippen molar-refractivity contribution in [1.82, 2.24) is 0 Å². The van der Waals surface area contributed by atoms with E-state index >= 15 is 0 Å². The maximum absolute atomic E-state index is 11.6. The van der Waals surface area contributed by atoms with Gasteiger partial charge in [-0.3, -0.25) is 9.59 Å². The first-order chi connectivity index (χ1) is 5.76. The molecule has 0 aromatic heterocycles. The molecule has 64 valence electrons. The predicted octanol–water partition coefficient (Wildman–Crippen LogP) is 1.64. The number of hydrogen-bond acceptors (Lipinski definition) is 2. The van der Waals surface area contributed by atoms with E-state index in [1.54, 1.807) is 0 Å². The summed E-state index contributed by atoms with van der Waals surface area (Å²) in [5.74, 6) is 0.340. The summed E-state index contributed by atoms with van der Waals surface area (Å²) in [6.45, 7) is 0. The summed E-state index contributed by atoms with van der Waals surface area (Å²) in [5.41, 5.74) is -0.599. The third kappa shape index (κ3) is 0.872. The van der Waals surface area contributed by atoms with Crippen LogP contribution in [-0.2, 0) is 9.59 Å². The van der Waals surface area contributed by atoms with Crippen molar-refractivity contribution in [3.8, 4) is 0 Å². The summed E-state index contributed by atoms with van der Waals surface area (Å²) in [7, 11) is 0. The second kappa shape index (κ2) is 2.54. The molecule has 0 aromatic rings. The molecule has 0 N–H and O–H groups in total. The van der Waals surface area contributed by atoms with Gasteiger partial charge in [-0.05, 0) is 19.3 Å². The van der Waals surface area contributed by atoms with Crippen LogP contribution in [0, 0.1) is 5.41 Å². The fourth-order valence-electron chi connectivity index (χ4n) is 2.15. The minimum Gasteiger partial charge on any atom is -0.299 e. The summed E-state index contributed by atoms with van der Waals surface area (Å²) >= 11 is 0. The number of hydrogen-bond donors (Lipinski definition) is 0. The lowest BCUT2D eigenvalue weighted by Crippen LogP contribution is -2.40. The van der Waals surface area contributed by atoms with Crippen LogP contribution in [0.2, 0.25) is 0 Å². The van der Waals surface area contributed by atoms with Crippen LogP contribution in [0.25, 0.3) is 0 Å². The van der Waals surface area contributed by atoms with Crippen LogP contribution in [0.3, 0.4) is 0 Å². The van der Waals surface area contributed by atoms with Crippen LogP contribution < -0.4 is 0 Å². The molecule has 2 nitrogen and oxygen atoms in total. The molecule has 0 bridgehead atoms. The van der Waals surface area contributed by atoms with Crippen molar-refractivity contribution in [2.45, 2.75) is 32.1 Å². The van der Waals surface area contributed by atoms with Gasteiger partial charge in [0.15, 0.2) is 0 Å². The van der Waals surface area contributed by atoms with Crippen molar-refractivity contribution in [1.29, 1.82) is 0 Å². The van der Waals surface area contributed by atoms with Crippen LogP contribution >= 0.6 is 0 Å². The maximum Gasteiger partial charge on any atom is 0.147 e. The van der Waals surface area contributed by atoms with E-state index in [0.29, 0.717) is 25.7 Å². The van der Waals surface area contributed by atoms with E-state index in [1.807, 2.05) is 12.2 Å². The van der Waals surface area contributed by atoms with Crippen LogP contribution in [0.1, 0.15) is 32.1 Å². The Morgan fingerprint density at radius 1 is 1.00 bits per heavy atom. The maximum atomic E-state index is 11.6. The van der Waals surface area contributed by atoms with E-state index in [9.17, 15) is 9.59 Å². The minimum atomic E-state index is -0.599. The fraction of sp³-hybridized carbons (Fsp3) is 0.600. The van der Waals surface area contributed by atoms with E-state index in [0.717, 1.165) is 6.42 Å². The topological polar surface area (TPSA) is 34.1 Å². The number of ketones is 2. The SMILES string of the molecule is O=C1CCCC(=O)C12CC=CC2. The zero-order valence-corrected chi connectivity index (χ0v) is 7.01. The van der Waals surface area contributed by atoms with Gasteiger partial charge in [-0.1, -0.05) is 12.2 Å². The van der Waals surface area contributed by atoms with E-state index in [1.165, 1.54) is 0 Å². The molecule has 0 radical (unpaired) electrons. The Morgan fingerprint density at radius 2 is 1.50 bits per heavy atom. The van der Waals surface area contributed by atoms with Gasteiger partial charge >= 0.3 is 0 Å². The van der Waals surface area contributed by atoms with Gasteiger partial charge in [-0.15, -0.1) is 0 Å². The standard InChI is InChI=1S/C10H12O2/c11-8-4-3-5-9(12)10(8)6-1-2-7-10/h1-2H,3-7H2. The highest BCUT2D eigenvalue weighted by molar-refractivity contribution is 6.09. The number of carbonyl (C=O) groups is 2. The first-order valence-corrected chi connectivity index (χ1v) is 4.47. The van der Waals surface area contributed by atoms with Crippen molar-refractivity contribution < 1.29 is 9.59 Å². The van der Waals surface area contributed by atoms with Gasteiger partial charge in [-0.25, -0.2) is 0 Å². The van der Waals surface area contributed by atoms with Crippen molar-refractivity contribution in [3.05, 3.63) is 12.2 Å². The monoisotopic (exact) mass is 164 g/mol. The highest BCUT2D eigenvalue weighted by Crippen LogP contribution is 2.40. The lowest BCUT2D eigenvalue weighted by atomic mass is 9.70. The smallest absolute Gasteiger partial charge is 0.147 e. The number of rotatable bonds is 0. The van der Waals surface area contributed by atoms with Gasteiger partial charge in [0.1, 0.15) is 11.6 Å². The largest absolute Gasteiger partial charge is 0.299 e. The van der Waals surface area contributed by atoms with E-state index < -0.39 is 5.41 Å². The highest BCUT2D eigenvalue weighted by atomic mass is 16.2. The normalized spacial score (nSPS) is 27.0. The van der Waals surface area contributed by atoms with Crippen molar-refractivity contribution in [3.63, 3.8) is 0 Å².